The minimum Gasteiger partial charge on any atom is -0.343 e. The summed E-state index contributed by atoms with van der Waals surface area (Å²) in [7, 11) is 0. The van der Waals surface area contributed by atoms with Crippen molar-refractivity contribution in [2.45, 2.75) is 44.4 Å². The average Bonchev–Trinajstić information content (AvgIpc) is 2.40. The number of nitrogens with zero attached hydrogens (tertiary/aromatic N) is 1. The predicted octanol–water partition coefficient (Wildman–Crippen LogP) is 3.39. The lowest BCUT2D eigenvalue weighted by Crippen LogP contribution is -2.40. The number of thioether (sulfide) groups is 1. The van der Waals surface area contributed by atoms with E-state index in [1.165, 1.54) is 24.3 Å². The molecule has 1 amide bonds. The van der Waals surface area contributed by atoms with Gasteiger partial charge in [0.05, 0.1) is 0 Å². The fourth-order valence-electron chi connectivity index (χ4n) is 2.93. The van der Waals surface area contributed by atoms with E-state index in [0.717, 1.165) is 32.4 Å². The summed E-state index contributed by atoms with van der Waals surface area (Å²) in [5, 5.41) is 0.248. The first-order chi connectivity index (χ1) is 8.66. The fourth-order valence-corrected chi connectivity index (χ4v) is 4.39. The van der Waals surface area contributed by atoms with E-state index in [9.17, 15) is 4.79 Å². The molecule has 0 radical (unpaired) electrons. The first kappa shape index (κ1) is 14.5. The number of amides is 1. The molecular formula is C14H24ClNOS. The summed E-state index contributed by atoms with van der Waals surface area (Å²) in [6, 6.07) is 0. The minimum atomic E-state index is 0.248. The van der Waals surface area contributed by atoms with Crippen LogP contribution in [0.4, 0.5) is 0 Å². The molecule has 1 atom stereocenters. The third kappa shape index (κ3) is 4.06. The molecule has 2 aliphatic rings. The zero-order chi connectivity index (χ0) is 13.0. The zero-order valence-electron chi connectivity index (χ0n) is 11.2. The van der Waals surface area contributed by atoms with Crippen molar-refractivity contribution in [3.05, 3.63) is 0 Å². The lowest BCUT2D eigenvalue weighted by molar-refractivity contribution is -0.133. The summed E-state index contributed by atoms with van der Waals surface area (Å²) < 4.78 is 0. The second-order valence-electron chi connectivity index (χ2n) is 5.66. The van der Waals surface area contributed by atoms with Gasteiger partial charge in [0.15, 0.2) is 0 Å². The van der Waals surface area contributed by atoms with E-state index in [-0.39, 0.29) is 5.38 Å². The Balaban J connectivity index is 1.73. The van der Waals surface area contributed by atoms with Gasteiger partial charge in [0.1, 0.15) is 0 Å². The van der Waals surface area contributed by atoms with Gasteiger partial charge in [0.2, 0.25) is 5.91 Å². The van der Waals surface area contributed by atoms with Crippen molar-refractivity contribution >= 4 is 29.3 Å². The number of piperidine rings is 1. The molecule has 0 bridgehead atoms. The number of hydrogen-bond acceptors (Lipinski definition) is 2. The summed E-state index contributed by atoms with van der Waals surface area (Å²) in [5.74, 6) is 4.10. The lowest BCUT2D eigenvalue weighted by Gasteiger charge is -2.34. The SMILES string of the molecule is CC(Cl)C1CCN(C(=O)CC2CCSCC2)CC1. The third-order valence-electron chi connectivity index (χ3n) is 4.35. The van der Waals surface area contributed by atoms with Crippen molar-refractivity contribution in [3.8, 4) is 0 Å². The van der Waals surface area contributed by atoms with E-state index in [4.69, 9.17) is 11.6 Å². The van der Waals surface area contributed by atoms with Crippen LogP contribution in [0.1, 0.15) is 39.0 Å². The van der Waals surface area contributed by atoms with Gasteiger partial charge in [-0.05, 0) is 55.9 Å². The Bertz CT molecular complexity index is 271. The lowest BCUT2D eigenvalue weighted by atomic mass is 9.92. The molecule has 2 fully saturated rings. The van der Waals surface area contributed by atoms with Crippen LogP contribution in [0.25, 0.3) is 0 Å². The van der Waals surface area contributed by atoms with Gasteiger partial charge in [-0.2, -0.15) is 11.8 Å². The molecule has 0 N–H and O–H groups in total. The first-order valence-corrected chi connectivity index (χ1v) is 8.75. The van der Waals surface area contributed by atoms with E-state index < -0.39 is 0 Å². The largest absolute Gasteiger partial charge is 0.343 e. The maximum atomic E-state index is 12.2. The standard InChI is InChI=1S/C14H24ClNOS/c1-11(15)13-2-6-16(7-3-13)14(17)10-12-4-8-18-9-5-12/h11-13H,2-10H2,1H3. The van der Waals surface area contributed by atoms with Crippen LogP contribution in [-0.2, 0) is 4.79 Å². The second-order valence-corrected chi connectivity index (χ2v) is 7.57. The van der Waals surface area contributed by atoms with Crippen LogP contribution >= 0.6 is 23.4 Å². The van der Waals surface area contributed by atoms with E-state index in [2.05, 4.69) is 11.8 Å². The minimum absolute atomic E-state index is 0.248. The summed E-state index contributed by atoms with van der Waals surface area (Å²) >= 11 is 8.16. The molecule has 0 aromatic heterocycles. The number of carbonyl (C=O) groups excluding carboxylic acids is 1. The summed E-state index contributed by atoms with van der Waals surface area (Å²) in [6.45, 7) is 3.91. The van der Waals surface area contributed by atoms with E-state index in [0.29, 0.717) is 17.7 Å². The van der Waals surface area contributed by atoms with Crippen molar-refractivity contribution < 1.29 is 4.79 Å². The van der Waals surface area contributed by atoms with Crippen LogP contribution in [0.3, 0.4) is 0 Å². The highest BCUT2D eigenvalue weighted by Crippen LogP contribution is 2.28. The van der Waals surface area contributed by atoms with Crippen molar-refractivity contribution in [3.63, 3.8) is 0 Å². The average molecular weight is 290 g/mol. The smallest absolute Gasteiger partial charge is 0.222 e. The van der Waals surface area contributed by atoms with Crippen LogP contribution in [0, 0.1) is 11.8 Å². The Kier molecular flexibility index (Phi) is 5.68. The highest BCUT2D eigenvalue weighted by molar-refractivity contribution is 7.99. The molecule has 2 aliphatic heterocycles. The number of rotatable bonds is 3. The van der Waals surface area contributed by atoms with Gasteiger partial charge in [-0.15, -0.1) is 11.6 Å². The number of hydrogen-bond donors (Lipinski definition) is 0. The van der Waals surface area contributed by atoms with Crippen molar-refractivity contribution in [2.75, 3.05) is 24.6 Å². The second kappa shape index (κ2) is 7.04. The van der Waals surface area contributed by atoms with E-state index in [1.807, 2.05) is 11.8 Å². The van der Waals surface area contributed by atoms with Crippen LogP contribution in [-0.4, -0.2) is 40.8 Å². The highest BCUT2D eigenvalue weighted by Gasteiger charge is 2.27. The van der Waals surface area contributed by atoms with Gasteiger partial charge in [-0.25, -0.2) is 0 Å². The maximum absolute atomic E-state index is 12.2. The molecule has 0 aliphatic carbocycles. The molecule has 4 heteroatoms. The highest BCUT2D eigenvalue weighted by atomic mass is 35.5. The Hall–Kier alpha value is 0.110. The van der Waals surface area contributed by atoms with Crippen LogP contribution in [0.15, 0.2) is 0 Å². The molecule has 2 saturated heterocycles. The predicted molar refractivity (Wildman–Crippen MR) is 79.3 cm³/mol. The van der Waals surface area contributed by atoms with Crippen molar-refractivity contribution in [1.82, 2.24) is 4.90 Å². The molecule has 18 heavy (non-hydrogen) atoms. The van der Waals surface area contributed by atoms with Crippen LogP contribution in [0.5, 0.6) is 0 Å². The Morgan fingerprint density at radius 3 is 2.44 bits per heavy atom. The molecule has 104 valence electrons. The van der Waals surface area contributed by atoms with Crippen molar-refractivity contribution in [2.24, 2.45) is 11.8 Å². The van der Waals surface area contributed by atoms with Gasteiger partial charge in [-0.3, -0.25) is 4.79 Å². The van der Waals surface area contributed by atoms with Gasteiger partial charge >= 0.3 is 0 Å². The van der Waals surface area contributed by atoms with Crippen molar-refractivity contribution in [1.29, 1.82) is 0 Å². The van der Waals surface area contributed by atoms with Gasteiger partial charge in [-0.1, -0.05) is 0 Å². The number of likely N-dealkylation sites (tertiary alicyclic amines) is 1. The normalized spacial score (nSPS) is 25.1. The number of carbonyl (C=O) groups is 1. The van der Waals surface area contributed by atoms with E-state index >= 15 is 0 Å². The molecule has 2 heterocycles. The number of halogens is 1. The topological polar surface area (TPSA) is 20.3 Å². The molecule has 0 spiro atoms. The molecule has 1 unspecified atom stereocenters. The summed E-state index contributed by atoms with van der Waals surface area (Å²) in [6.07, 6.45) is 5.40. The fraction of sp³-hybridized carbons (Fsp3) is 0.929. The molecule has 2 nitrogen and oxygen atoms in total. The molecule has 2 rings (SSSR count). The number of alkyl halides is 1. The third-order valence-corrected chi connectivity index (χ3v) is 5.75. The Morgan fingerprint density at radius 2 is 1.89 bits per heavy atom. The zero-order valence-corrected chi connectivity index (χ0v) is 12.8. The summed E-state index contributed by atoms with van der Waals surface area (Å²) in [4.78, 5) is 14.3. The quantitative estimate of drug-likeness (QED) is 0.742. The Morgan fingerprint density at radius 1 is 1.28 bits per heavy atom. The van der Waals surface area contributed by atoms with Gasteiger partial charge < -0.3 is 4.90 Å². The van der Waals surface area contributed by atoms with Gasteiger partial charge in [0.25, 0.3) is 0 Å². The van der Waals surface area contributed by atoms with Gasteiger partial charge in [0, 0.05) is 24.9 Å². The van der Waals surface area contributed by atoms with Crippen LogP contribution in [0.2, 0.25) is 0 Å². The maximum Gasteiger partial charge on any atom is 0.222 e. The monoisotopic (exact) mass is 289 g/mol. The Labute approximate surface area is 120 Å². The van der Waals surface area contributed by atoms with Crippen LogP contribution < -0.4 is 0 Å². The molecular weight excluding hydrogens is 266 g/mol. The molecule has 0 saturated carbocycles. The molecule has 0 aromatic carbocycles. The van der Waals surface area contributed by atoms with E-state index in [1.54, 1.807) is 0 Å². The molecule has 0 aromatic rings. The summed E-state index contributed by atoms with van der Waals surface area (Å²) in [5.41, 5.74) is 0. The first-order valence-electron chi connectivity index (χ1n) is 7.16.